The first kappa shape index (κ1) is 12.7. The van der Waals surface area contributed by atoms with Crippen LogP contribution in [-0.4, -0.2) is 12.2 Å². The van der Waals surface area contributed by atoms with Gasteiger partial charge in [-0.15, -0.1) is 0 Å². The maximum absolute atomic E-state index is 10.4. The number of methoxy groups -OCH3 is 1. The van der Waals surface area contributed by atoms with Crippen LogP contribution < -0.4 is 4.74 Å². The van der Waals surface area contributed by atoms with E-state index in [1.54, 1.807) is 7.11 Å². The van der Waals surface area contributed by atoms with Gasteiger partial charge in [0.15, 0.2) is 0 Å². The van der Waals surface area contributed by atoms with Crippen molar-refractivity contribution in [3.63, 3.8) is 0 Å². The minimum Gasteiger partial charge on any atom is -0.497 e. The summed E-state index contributed by atoms with van der Waals surface area (Å²) in [5.41, 5.74) is 4.14. The van der Waals surface area contributed by atoms with Crippen molar-refractivity contribution >= 4 is 0 Å². The van der Waals surface area contributed by atoms with Gasteiger partial charge in [0.25, 0.3) is 0 Å². The first-order chi connectivity index (χ1) is 8.61. The molecule has 1 N–H and O–H groups in total. The average Bonchev–Trinajstić information content (AvgIpc) is 2.38. The molecule has 2 rings (SSSR count). The van der Waals surface area contributed by atoms with E-state index >= 15 is 0 Å². The van der Waals surface area contributed by atoms with E-state index in [1.165, 1.54) is 5.56 Å². The standard InChI is InChI=1S/C16H18O2/c1-11-4-9-15(12(2)10-11)16(17)13-5-7-14(18-3)8-6-13/h4-10,16-17H,1-3H3. The maximum atomic E-state index is 10.4. The van der Waals surface area contributed by atoms with Crippen molar-refractivity contribution in [1.82, 2.24) is 0 Å². The van der Waals surface area contributed by atoms with Crippen LogP contribution in [0.25, 0.3) is 0 Å². The van der Waals surface area contributed by atoms with E-state index in [-0.39, 0.29) is 0 Å². The van der Waals surface area contributed by atoms with Gasteiger partial charge in [0.2, 0.25) is 0 Å². The number of benzene rings is 2. The number of ether oxygens (including phenoxy) is 1. The summed E-state index contributed by atoms with van der Waals surface area (Å²) in [6, 6.07) is 13.6. The summed E-state index contributed by atoms with van der Waals surface area (Å²) in [5.74, 6) is 0.798. The van der Waals surface area contributed by atoms with Gasteiger partial charge in [0.05, 0.1) is 7.11 Å². The first-order valence-electron chi connectivity index (χ1n) is 6.01. The molecule has 1 atom stereocenters. The lowest BCUT2D eigenvalue weighted by atomic mass is 9.96. The highest BCUT2D eigenvalue weighted by Gasteiger charge is 2.12. The highest BCUT2D eigenvalue weighted by molar-refractivity contribution is 5.39. The fourth-order valence-corrected chi connectivity index (χ4v) is 2.10. The minimum absolute atomic E-state index is 0.587. The monoisotopic (exact) mass is 242 g/mol. The van der Waals surface area contributed by atoms with Crippen molar-refractivity contribution < 1.29 is 9.84 Å². The van der Waals surface area contributed by atoms with E-state index in [0.717, 1.165) is 22.4 Å². The van der Waals surface area contributed by atoms with Crippen molar-refractivity contribution in [3.8, 4) is 5.75 Å². The largest absolute Gasteiger partial charge is 0.497 e. The number of aliphatic hydroxyl groups excluding tert-OH is 1. The van der Waals surface area contributed by atoms with E-state index in [1.807, 2.05) is 43.3 Å². The van der Waals surface area contributed by atoms with Crippen molar-refractivity contribution in [3.05, 3.63) is 64.7 Å². The van der Waals surface area contributed by atoms with Crippen LogP contribution >= 0.6 is 0 Å². The predicted molar refractivity (Wildman–Crippen MR) is 73.0 cm³/mol. The van der Waals surface area contributed by atoms with Gasteiger partial charge in [-0.1, -0.05) is 35.9 Å². The number of hydrogen-bond donors (Lipinski definition) is 1. The first-order valence-corrected chi connectivity index (χ1v) is 6.01. The molecular weight excluding hydrogens is 224 g/mol. The molecular formula is C16H18O2. The molecule has 0 aliphatic carbocycles. The zero-order valence-corrected chi connectivity index (χ0v) is 11.0. The van der Waals surface area contributed by atoms with Gasteiger partial charge in [0.1, 0.15) is 11.9 Å². The Morgan fingerprint density at radius 3 is 2.22 bits per heavy atom. The zero-order chi connectivity index (χ0) is 13.1. The lowest BCUT2D eigenvalue weighted by Gasteiger charge is -2.15. The van der Waals surface area contributed by atoms with Crippen LogP contribution in [0.2, 0.25) is 0 Å². The second kappa shape index (κ2) is 5.23. The Morgan fingerprint density at radius 1 is 1.00 bits per heavy atom. The molecule has 2 nitrogen and oxygen atoms in total. The molecule has 94 valence electrons. The number of rotatable bonds is 3. The van der Waals surface area contributed by atoms with Gasteiger partial charge in [-0.2, -0.15) is 0 Å². The van der Waals surface area contributed by atoms with Crippen LogP contribution in [-0.2, 0) is 0 Å². The van der Waals surface area contributed by atoms with Gasteiger partial charge in [-0.25, -0.2) is 0 Å². The van der Waals surface area contributed by atoms with Crippen LogP contribution in [0.5, 0.6) is 5.75 Å². The lowest BCUT2D eigenvalue weighted by Crippen LogP contribution is -2.02. The Hall–Kier alpha value is -1.80. The molecule has 2 aromatic carbocycles. The summed E-state index contributed by atoms with van der Waals surface area (Å²) in [6.07, 6.45) is -0.587. The Labute approximate surface area is 108 Å². The van der Waals surface area contributed by atoms with Crippen LogP contribution in [0.4, 0.5) is 0 Å². The Bertz CT molecular complexity index is 529. The molecule has 0 aromatic heterocycles. The molecule has 18 heavy (non-hydrogen) atoms. The molecule has 0 saturated carbocycles. The third-order valence-corrected chi connectivity index (χ3v) is 3.15. The third-order valence-electron chi connectivity index (χ3n) is 3.15. The number of aryl methyl sites for hydroxylation is 2. The van der Waals surface area contributed by atoms with Crippen LogP contribution in [0.3, 0.4) is 0 Å². The fourth-order valence-electron chi connectivity index (χ4n) is 2.10. The van der Waals surface area contributed by atoms with E-state index in [0.29, 0.717) is 0 Å². The molecule has 0 bridgehead atoms. The zero-order valence-electron chi connectivity index (χ0n) is 11.0. The van der Waals surface area contributed by atoms with E-state index in [2.05, 4.69) is 13.0 Å². The van der Waals surface area contributed by atoms with Gasteiger partial charge in [-0.05, 0) is 42.7 Å². The quantitative estimate of drug-likeness (QED) is 0.894. The van der Waals surface area contributed by atoms with E-state index < -0.39 is 6.10 Å². The number of hydrogen-bond acceptors (Lipinski definition) is 2. The number of aliphatic hydroxyl groups is 1. The summed E-state index contributed by atoms with van der Waals surface area (Å²) in [5, 5.41) is 10.4. The minimum atomic E-state index is -0.587. The summed E-state index contributed by atoms with van der Waals surface area (Å²) in [7, 11) is 1.63. The molecule has 0 fully saturated rings. The average molecular weight is 242 g/mol. The van der Waals surface area contributed by atoms with Crippen molar-refractivity contribution in [2.75, 3.05) is 7.11 Å². The molecule has 0 aliphatic heterocycles. The van der Waals surface area contributed by atoms with Crippen molar-refractivity contribution in [2.24, 2.45) is 0 Å². The maximum Gasteiger partial charge on any atom is 0.118 e. The summed E-state index contributed by atoms with van der Waals surface area (Å²) >= 11 is 0. The van der Waals surface area contributed by atoms with E-state index in [9.17, 15) is 5.11 Å². The molecule has 1 unspecified atom stereocenters. The highest BCUT2D eigenvalue weighted by Crippen LogP contribution is 2.26. The molecule has 0 heterocycles. The lowest BCUT2D eigenvalue weighted by molar-refractivity contribution is 0.219. The predicted octanol–water partition coefficient (Wildman–Crippen LogP) is 3.39. The molecule has 0 saturated heterocycles. The van der Waals surface area contributed by atoms with E-state index in [4.69, 9.17) is 4.74 Å². The second-order valence-electron chi connectivity index (χ2n) is 4.54. The van der Waals surface area contributed by atoms with Gasteiger partial charge in [-0.3, -0.25) is 0 Å². The summed E-state index contributed by atoms with van der Waals surface area (Å²) < 4.78 is 5.11. The topological polar surface area (TPSA) is 29.5 Å². The smallest absolute Gasteiger partial charge is 0.118 e. The Morgan fingerprint density at radius 2 is 1.67 bits per heavy atom. The van der Waals surface area contributed by atoms with Crippen LogP contribution in [0.1, 0.15) is 28.4 Å². The van der Waals surface area contributed by atoms with Gasteiger partial charge >= 0.3 is 0 Å². The van der Waals surface area contributed by atoms with Crippen LogP contribution in [0, 0.1) is 13.8 Å². The molecule has 2 heteroatoms. The van der Waals surface area contributed by atoms with Crippen molar-refractivity contribution in [2.45, 2.75) is 20.0 Å². The molecule has 0 aliphatic rings. The molecule has 2 aromatic rings. The fraction of sp³-hybridized carbons (Fsp3) is 0.250. The Balaban J connectivity index is 2.31. The van der Waals surface area contributed by atoms with Crippen molar-refractivity contribution in [1.29, 1.82) is 0 Å². The van der Waals surface area contributed by atoms with Gasteiger partial charge < -0.3 is 9.84 Å². The normalized spacial score (nSPS) is 12.2. The van der Waals surface area contributed by atoms with Gasteiger partial charge in [0, 0.05) is 0 Å². The summed E-state index contributed by atoms with van der Waals surface area (Å²) in [6.45, 7) is 4.08. The van der Waals surface area contributed by atoms with Crippen LogP contribution in [0.15, 0.2) is 42.5 Å². The Kier molecular flexibility index (Phi) is 3.68. The summed E-state index contributed by atoms with van der Waals surface area (Å²) in [4.78, 5) is 0. The molecule has 0 amide bonds. The second-order valence-corrected chi connectivity index (χ2v) is 4.54. The SMILES string of the molecule is COc1ccc(C(O)c2ccc(C)cc2C)cc1. The molecule has 0 spiro atoms. The third kappa shape index (κ3) is 2.54. The molecule has 0 radical (unpaired) electrons. The highest BCUT2D eigenvalue weighted by atomic mass is 16.5.